The van der Waals surface area contributed by atoms with Gasteiger partial charge in [0.25, 0.3) is 0 Å². The normalized spacial score (nSPS) is 13.4. The Kier molecular flexibility index (Phi) is 4.15. The van der Waals surface area contributed by atoms with Crippen LogP contribution in [0.4, 0.5) is 13.2 Å². The Bertz CT molecular complexity index is 399. The van der Waals surface area contributed by atoms with E-state index >= 15 is 0 Å². The summed E-state index contributed by atoms with van der Waals surface area (Å²) in [5.74, 6) is -2.83. The molecule has 0 saturated carbocycles. The summed E-state index contributed by atoms with van der Waals surface area (Å²) in [6.45, 7) is 1.75. The highest BCUT2D eigenvalue weighted by Gasteiger charge is 2.35. The van der Waals surface area contributed by atoms with Gasteiger partial charge >= 0.3 is 12.1 Å². The van der Waals surface area contributed by atoms with Crippen LogP contribution in [0, 0.1) is 12.8 Å². The monoisotopic (exact) mass is 246 g/mol. The molecule has 1 N–H and O–H groups in total. The average molecular weight is 246 g/mol. The van der Waals surface area contributed by atoms with Crippen molar-refractivity contribution in [2.45, 2.75) is 25.9 Å². The van der Waals surface area contributed by atoms with Gasteiger partial charge in [0.2, 0.25) is 0 Å². The summed E-state index contributed by atoms with van der Waals surface area (Å²) in [6, 6.07) is 6.86. The number of hydrogen-bond donors (Lipinski definition) is 1. The van der Waals surface area contributed by atoms with Gasteiger partial charge in [0, 0.05) is 0 Å². The molecule has 1 aromatic rings. The number of aliphatic carboxylic acids is 1. The summed E-state index contributed by atoms with van der Waals surface area (Å²) >= 11 is 0. The molecule has 0 fully saturated rings. The predicted molar refractivity (Wildman–Crippen MR) is 56.7 cm³/mol. The third-order valence-corrected chi connectivity index (χ3v) is 2.55. The largest absolute Gasteiger partial charge is 0.481 e. The molecule has 17 heavy (non-hydrogen) atoms. The van der Waals surface area contributed by atoms with Gasteiger partial charge in [-0.1, -0.05) is 24.3 Å². The van der Waals surface area contributed by atoms with Crippen molar-refractivity contribution in [1.82, 2.24) is 0 Å². The van der Waals surface area contributed by atoms with Gasteiger partial charge in [-0.3, -0.25) is 4.79 Å². The molecule has 0 aliphatic carbocycles. The van der Waals surface area contributed by atoms with E-state index in [1.165, 1.54) is 0 Å². The number of carbonyl (C=O) groups is 1. The average Bonchev–Trinajstić information content (AvgIpc) is 2.18. The van der Waals surface area contributed by atoms with E-state index in [9.17, 15) is 18.0 Å². The maximum atomic E-state index is 12.2. The van der Waals surface area contributed by atoms with Crippen LogP contribution in [0.5, 0.6) is 0 Å². The summed E-state index contributed by atoms with van der Waals surface area (Å²) in [5, 5.41) is 8.79. The quantitative estimate of drug-likeness (QED) is 0.885. The van der Waals surface area contributed by atoms with Crippen molar-refractivity contribution in [1.29, 1.82) is 0 Å². The minimum atomic E-state index is -4.45. The molecule has 1 atom stereocenters. The number of aryl methyl sites for hydroxylation is 1. The summed E-state index contributed by atoms with van der Waals surface area (Å²) in [6.07, 6.45) is -5.84. The molecule has 1 rings (SSSR count). The highest BCUT2D eigenvalue weighted by atomic mass is 19.4. The van der Waals surface area contributed by atoms with Gasteiger partial charge in [0.1, 0.15) is 0 Å². The van der Waals surface area contributed by atoms with Gasteiger partial charge in [-0.2, -0.15) is 13.2 Å². The third kappa shape index (κ3) is 4.46. The van der Waals surface area contributed by atoms with E-state index in [0.29, 0.717) is 5.56 Å². The fraction of sp³-hybridized carbons (Fsp3) is 0.417. The molecule has 5 heteroatoms. The SMILES string of the molecule is Cc1ccccc1CC(CC(F)(F)F)C(=O)O. The number of hydrogen-bond acceptors (Lipinski definition) is 1. The summed E-state index contributed by atoms with van der Waals surface area (Å²) < 4.78 is 36.6. The fourth-order valence-electron chi connectivity index (χ4n) is 1.63. The minimum absolute atomic E-state index is 0.0957. The van der Waals surface area contributed by atoms with E-state index in [1.807, 2.05) is 0 Å². The van der Waals surface area contributed by atoms with Crippen LogP contribution in [0.2, 0.25) is 0 Å². The smallest absolute Gasteiger partial charge is 0.389 e. The molecule has 0 heterocycles. The molecule has 0 amide bonds. The number of carboxylic acids is 1. The van der Waals surface area contributed by atoms with Gasteiger partial charge in [-0.15, -0.1) is 0 Å². The molecule has 0 aliphatic rings. The Morgan fingerprint density at radius 3 is 2.41 bits per heavy atom. The lowest BCUT2D eigenvalue weighted by molar-refractivity contribution is -0.163. The van der Waals surface area contributed by atoms with Gasteiger partial charge in [-0.05, 0) is 24.5 Å². The van der Waals surface area contributed by atoms with Crippen molar-refractivity contribution >= 4 is 5.97 Å². The molecule has 2 nitrogen and oxygen atoms in total. The van der Waals surface area contributed by atoms with E-state index in [2.05, 4.69) is 0 Å². The van der Waals surface area contributed by atoms with E-state index in [0.717, 1.165) is 5.56 Å². The number of halogens is 3. The zero-order valence-corrected chi connectivity index (χ0v) is 9.29. The number of rotatable bonds is 4. The molecule has 1 unspecified atom stereocenters. The van der Waals surface area contributed by atoms with Crippen molar-refractivity contribution in [2.24, 2.45) is 5.92 Å². The minimum Gasteiger partial charge on any atom is -0.481 e. The lowest BCUT2D eigenvalue weighted by Crippen LogP contribution is -2.24. The summed E-state index contributed by atoms with van der Waals surface area (Å²) in [7, 11) is 0. The van der Waals surface area contributed by atoms with Crippen LogP contribution < -0.4 is 0 Å². The van der Waals surface area contributed by atoms with Crippen LogP contribution in [-0.4, -0.2) is 17.3 Å². The van der Waals surface area contributed by atoms with Crippen molar-refractivity contribution in [3.8, 4) is 0 Å². The molecule has 0 aromatic heterocycles. The summed E-state index contributed by atoms with van der Waals surface area (Å²) in [4.78, 5) is 10.8. The Morgan fingerprint density at radius 1 is 1.35 bits per heavy atom. The molecule has 0 bridgehead atoms. The zero-order valence-electron chi connectivity index (χ0n) is 9.29. The fourth-order valence-corrected chi connectivity index (χ4v) is 1.63. The van der Waals surface area contributed by atoms with E-state index in [-0.39, 0.29) is 6.42 Å². The number of benzene rings is 1. The van der Waals surface area contributed by atoms with Crippen LogP contribution in [0.15, 0.2) is 24.3 Å². The highest BCUT2D eigenvalue weighted by Crippen LogP contribution is 2.27. The first kappa shape index (κ1) is 13.5. The molecule has 0 saturated heterocycles. The Morgan fingerprint density at radius 2 is 1.94 bits per heavy atom. The Labute approximate surface area is 97.1 Å². The van der Waals surface area contributed by atoms with Gasteiger partial charge in [-0.25, -0.2) is 0 Å². The van der Waals surface area contributed by atoms with E-state index < -0.39 is 24.5 Å². The maximum Gasteiger partial charge on any atom is 0.389 e. The van der Waals surface area contributed by atoms with Crippen molar-refractivity contribution in [3.05, 3.63) is 35.4 Å². The first-order chi connectivity index (χ1) is 7.79. The topological polar surface area (TPSA) is 37.3 Å². The second-order valence-electron chi connectivity index (χ2n) is 3.99. The molecule has 0 radical (unpaired) electrons. The molecular weight excluding hydrogens is 233 g/mol. The van der Waals surface area contributed by atoms with E-state index in [4.69, 9.17) is 5.11 Å². The van der Waals surface area contributed by atoms with Gasteiger partial charge < -0.3 is 5.11 Å². The van der Waals surface area contributed by atoms with Crippen LogP contribution in [0.3, 0.4) is 0 Å². The second kappa shape index (κ2) is 5.21. The molecule has 0 spiro atoms. The second-order valence-corrected chi connectivity index (χ2v) is 3.99. The number of carboxylic acid groups (broad SMARTS) is 1. The first-order valence-electron chi connectivity index (χ1n) is 5.13. The van der Waals surface area contributed by atoms with Crippen LogP contribution in [-0.2, 0) is 11.2 Å². The zero-order chi connectivity index (χ0) is 13.1. The molecule has 0 aliphatic heterocycles. The Hall–Kier alpha value is -1.52. The van der Waals surface area contributed by atoms with Gasteiger partial charge in [0.05, 0.1) is 12.3 Å². The molecular formula is C12H13F3O2. The highest BCUT2D eigenvalue weighted by molar-refractivity contribution is 5.70. The lowest BCUT2D eigenvalue weighted by Gasteiger charge is -2.15. The number of alkyl halides is 3. The molecule has 1 aromatic carbocycles. The van der Waals surface area contributed by atoms with Crippen molar-refractivity contribution in [3.63, 3.8) is 0 Å². The van der Waals surface area contributed by atoms with Crippen LogP contribution >= 0.6 is 0 Å². The third-order valence-electron chi connectivity index (χ3n) is 2.55. The van der Waals surface area contributed by atoms with Crippen molar-refractivity contribution in [2.75, 3.05) is 0 Å². The first-order valence-corrected chi connectivity index (χ1v) is 5.13. The van der Waals surface area contributed by atoms with Gasteiger partial charge in [0.15, 0.2) is 0 Å². The molecule has 94 valence electrons. The lowest BCUT2D eigenvalue weighted by atomic mass is 9.93. The van der Waals surface area contributed by atoms with E-state index in [1.54, 1.807) is 31.2 Å². The standard InChI is InChI=1S/C12H13F3O2/c1-8-4-2-3-5-9(8)6-10(11(16)17)7-12(13,14)15/h2-5,10H,6-7H2,1H3,(H,16,17). The predicted octanol–water partition coefficient (Wildman–Crippen LogP) is 3.19. The Balaban J connectivity index is 2.81. The van der Waals surface area contributed by atoms with Crippen LogP contribution in [0.25, 0.3) is 0 Å². The maximum absolute atomic E-state index is 12.2. The van der Waals surface area contributed by atoms with Crippen molar-refractivity contribution < 1.29 is 23.1 Å². The summed E-state index contributed by atoms with van der Waals surface area (Å²) in [5.41, 5.74) is 1.45. The van der Waals surface area contributed by atoms with Crippen LogP contribution in [0.1, 0.15) is 17.5 Å².